The van der Waals surface area contributed by atoms with Crippen molar-refractivity contribution in [1.82, 2.24) is 0 Å². The molecule has 0 N–H and O–H groups in total. The summed E-state index contributed by atoms with van der Waals surface area (Å²) in [7, 11) is 0. The van der Waals surface area contributed by atoms with Crippen molar-refractivity contribution in [2.24, 2.45) is 0 Å². The maximum Gasteiger partial charge on any atom is 0.303 e. The predicted octanol–water partition coefficient (Wildman–Crippen LogP) is 3.46. The van der Waals surface area contributed by atoms with E-state index < -0.39 is 30.5 Å². The molecule has 0 radical (unpaired) electrons. The van der Waals surface area contributed by atoms with Crippen LogP contribution in [0.1, 0.15) is 18.1 Å². The molecule has 0 amide bonds. The zero-order valence-electron chi connectivity index (χ0n) is 15.9. The van der Waals surface area contributed by atoms with Gasteiger partial charge < -0.3 is 18.9 Å². The van der Waals surface area contributed by atoms with E-state index in [-0.39, 0.29) is 19.8 Å². The SMILES string of the molecule is CC(=O)OC1COC(CF)(COCc2ccccc2)C1OCc1ccccc1. The van der Waals surface area contributed by atoms with Crippen LogP contribution in [0.25, 0.3) is 0 Å². The summed E-state index contributed by atoms with van der Waals surface area (Å²) in [4.78, 5) is 11.5. The third-order valence-corrected chi connectivity index (χ3v) is 4.67. The van der Waals surface area contributed by atoms with E-state index in [4.69, 9.17) is 18.9 Å². The minimum atomic E-state index is -1.32. The Bertz CT molecular complexity index is 739. The van der Waals surface area contributed by atoms with Gasteiger partial charge in [-0.2, -0.15) is 0 Å². The summed E-state index contributed by atoms with van der Waals surface area (Å²) in [6.07, 6.45) is -1.45. The van der Waals surface area contributed by atoms with E-state index in [1.54, 1.807) is 0 Å². The molecule has 6 heteroatoms. The molecule has 3 atom stereocenters. The number of halogens is 1. The molecule has 0 bridgehead atoms. The van der Waals surface area contributed by atoms with Crippen LogP contribution < -0.4 is 0 Å². The highest BCUT2D eigenvalue weighted by molar-refractivity contribution is 5.66. The second-order valence-electron chi connectivity index (χ2n) is 6.85. The molecule has 1 aliphatic rings. The van der Waals surface area contributed by atoms with E-state index in [2.05, 4.69) is 0 Å². The van der Waals surface area contributed by atoms with Crippen molar-refractivity contribution in [2.45, 2.75) is 37.9 Å². The van der Waals surface area contributed by atoms with E-state index in [0.717, 1.165) is 11.1 Å². The molecule has 0 saturated carbocycles. The number of esters is 1. The Balaban J connectivity index is 1.69. The number of hydrogen-bond donors (Lipinski definition) is 0. The average Bonchev–Trinajstić information content (AvgIpc) is 3.05. The van der Waals surface area contributed by atoms with Gasteiger partial charge in [-0.1, -0.05) is 60.7 Å². The maximum atomic E-state index is 14.1. The van der Waals surface area contributed by atoms with E-state index in [1.165, 1.54) is 6.92 Å². The number of hydrogen-bond acceptors (Lipinski definition) is 5. The van der Waals surface area contributed by atoms with E-state index in [9.17, 15) is 9.18 Å². The summed E-state index contributed by atoms with van der Waals surface area (Å²) in [5.41, 5.74) is 0.602. The molecule has 28 heavy (non-hydrogen) atoms. The molecule has 5 nitrogen and oxygen atoms in total. The Morgan fingerprint density at radius 2 is 1.68 bits per heavy atom. The topological polar surface area (TPSA) is 54.0 Å². The Morgan fingerprint density at radius 3 is 2.25 bits per heavy atom. The summed E-state index contributed by atoms with van der Waals surface area (Å²) < 4.78 is 36.9. The van der Waals surface area contributed by atoms with Crippen LogP contribution >= 0.6 is 0 Å². The van der Waals surface area contributed by atoms with Crippen molar-refractivity contribution in [3.63, 3.8) is 0 Å². The van der Waals surface area contributed by atoms with Crippen LogP contribution in [-0.4, -0.2) is 43.7 Å². The number of carbonyl (C=O) groups excluding carboxylic acids is 1. The van der Waals surface area contributed by atoms with Crippen LogP contribution in [0.2, 0.25) is 0 Å². The van der Waals surface area contributed by atoms with Crippen molar-refractivity contribution in [1.29, 1.82) is 0 Å². The smallest absolute Gasteiger partial charge is 0.303 e. The lowest BCUT2D eigenvalue weighted by Crippen LogP contribution is -2.51. The van der Waals surface area contributed by atoms with Gasteiger partial charge >= 0.3 is 5.97 Å². The van der Waals surface area contributed by atoms with Gasteiger partial charge in [0.2, 0.25) is 0 Å². The highest BCUT2D eigenvalue weighted by Crippen LogP contribution is 2.33. The molecule has 3 unspecified atom stereocenters. The second-order valence-corrected chi connectivity index (χ2v) is 6.85. The van der Waals surface area contributed by atoms with Gasteiger partial charge in [-0.25, -0.2) is 4.39 Å². The van der Waals surface area contributed by atoms with Gasteiger partial charge in [0.05, 0.1) is 26.4 Å². The Labute approximate surface area is 164 Å². The average molecular weight is 388 g/mol. The van der Waals surface area contributed by atoms with Crippen molar-refractivity contribution < 1.29 is 28.1 Å². The van der Waals surface area contributed by atoms with Gasteiger partial charge in [0.1, 0.15) is 18.4 Å². The van der Waals surface area contributed by atoms with Gasteiger partial charge in [0.15, 0.2) is 6.10 Å². The predicted molar refractivity (Wildman–Crippen MR) is 101 cm³/mol. The molecular formula is C22H25FO5. The van der Waals surface area contributed by atoms with Gasteiger partial charge in [0, 0.05) is 6.92 Å². The molecule has 1 aliphatic heterocycles. The minimum Gasteiger partial charge on any atom is -0.457 e. The number of ether oxygens (including phenoxy) is 4. The highest BCUT2D eigenvalue weighted by Gasteiger charge is 2.53. The third-order valence-electron chi connectivity index (χ3n) is 4.67. The fourth-order valence-corrected chi connectivity index (χ4v) is 3.28. The van der Waals surface area contributed by atoms with Gasteiger partial charge in [-0.15, -0.1) is 0 Å². The molecule has 1 saturated heterocycles. The van der Waals surface area contributed by atoms with Crippen molar-refractivity contribution in [3.05, 3.63) is 71.8 Å². The van der Waals surface area contributed by atoms with E-state index in [0.29, 0.717) is 6.61 Å². The monoisotopic (exact) mass is 388 g/mol. The van der Waals surface area contributed by atoms with E-state index >= 15 is 0 Å². The summed E-state index contributed by atoms with van der Waals surface area (Å²) in [5.74, 6) is -0.457. The molecule has 150 valence electrons. The first-order chi connectivity index (χ1) is 13.6. The van der Waals surface area contributed by atoms with Gasteiger partial charge in [-0.3, -0.25) is 4.79 Å². The Kier molecular flexibility index (Phi) is 7.14. The fraction of sp³-hybridized carbons (Fsp3) is 0.409. The molecule has 3 rings (SSSR count). The first-order valence-corrected chi connectivity index (χ1v) is 9.27. The first-order valence-electron chi connectivity index (χ1n) is 9.27. The van der Waals surface area contributed by atoms with Crippen LogP contribution in [-0.2, 0) is 37.0 Å². The summed E-state index contributed by atoms with van der Waals surface area (Å²) in [5, 5.41) is 0. The van der Waals surface area contributed by atoms with Crippen LogP contribution in [0.4, 0.5) is 4.39 Å². The van der Waals surface area contributed by atoms with Crippen LogP contribution in [0.5, 0.6) is 0 Å². The minimum absolute atomic E-state index is 0.00435. The molecule has 0 aliphatic carbocycles. The lowest BCUT2D eigenvalue weighted by molar-refractivity contribution is -0.163. The number of alkyl halides is 1. The normalized spacial score (nSPS) is 24.2. The Hall–Kier alpha value is -2.28. The largest absolute Gasteiger partial charge is 0.457 e. The zero-order valence-corrected chi connectivity index (χ0v) is 15.9. The fourth-order valence-electron chi connectivity index (χ4n) is 3.28. The van der Waals surface area contributed by atoms with E-state index in [1.807, 2.05) is 60.7 Å². The quantitative estimate of drug-likeness (QED) is 0.616. The second kappa shape index (κ2) is 9.78. The standard InChI is InChI=1S/C22H25FO5/c1-17(24)28-20-14-27-22(15-23,16-25-12-18-8-4-2-5-9-18)21(20)26-13-19-10-6-3-7-11-19/h2-11,20-21H,12-16H2,1H3. The van der Waals surface area contributed by atoms with Crippen molar-refractivity contribution in [3.8, 4) is 0 Å². The lowest BCUT2D eigenvalue weighted by atomic mass is 9.97. The van der Waals surface area contributed by atoms with Crippen LogP contribution in [0.3, 0.4) is 0 Å². The molecular weight excluding hydrogens is 363 g/mol. The van der Waals surface area contributed by atoms with Gasteiger partial charge in [-0.05, 0) is 11.1 Å². The summed E-state index contributed by atoms with van der Waals surface area (Å²) in [6.45, 7) is 1.16. The van der Waals surface area contributed by atoms with Crippen molar-refractivity contribution >= 4 is 5.97 Å². The van der Waals surface area contributed by atoms with Crippen LogP contribution in [0, 0.1) is 0 Å². The highest BCUT2D eigenvalue weighted by atomic mass is 19.1. The first kappa shape index (κ1) is 20.5. The number of carbonyl (C=O) groups is 1. The summed E-state index contributed by atoms with van der Waals surface area (Å²) >= 11 is 0. The Morgan fingerprint density at radius 1 is 1.07 bits per heavy atom. The molecule has 1 fully saturated rings. The molecule has 2 aromatic carbocycles. The maximum absolute atomic E-state index is 14.1. The molecule has 2 aromatic rings. The zero-order chi connectivity index (χ0) is 19.8. The summed E-state index contributed by atoms with van der Waals surface area (Å²) in [6, 6.07) is 19.2. The van der Waals surface area contributed by atoms with Crippen molar-refractivity contribution in [2.75, 3.05) is 19.9 Å². The molecule has 0 aromatic heterocycles. The molecule has 1 heterocycles. The third kappa shape index (κ3) is 5.16. The number of rotatable bonds is 9. The molecule has 0 spiro atoms. The lowest BCUT2D eigenvalue weighted by Gasteiger charge is -2.32. The van der Waals surface area contributed by atoms with Gasteiger partial charge in [0.25, 0.3) is 0 Å². The van der Waals surface area contributed by atoms with Crippen LogP contribution in [0.15, 0.2) is 60.7 Å². The number of benzene rings is 2.